The second-order valence-corrected chi connectivity index (χ2v) is 24.3. The summed E-state index contributed by atoms with van der Waals surface area (Å²) in [6.07, 6.45) is 80.5. The number of hydrogen-bond donors (Lipinski definition) is 1. The van der Waals surface area contributed by atoms with Crippen LogP contribution < -0.4 is 10.2 Å². The number of nitrogens with zero attached hydrogens (tertiary/aromatic N) is 1. The van der Waals surface area contributed by atoms with Gasteiger partial charge < -0.3 is 28.5 Å². The van der Waals surface area contributed by atoms with E-state index < -0.39 is 26.6 Å². The van der Waals surface area contributed by atoms with Crippen LogP contribution in [0.25, 0.3) is 0 Å². The van der Waals surface area contributed by atoms with Crippen molar-refractivity contribution >= 4 is 19.7 Å². The van der Waals surface area contributed by atoms with Gasteiger partial charge in [-0.15, -0.1) is 0 Å². The third-order valence-electron chi connectivity index (χ3n) is 13.9. The Morgan fingerprint density at radius 2 is 0.762 bits per heavy atom. The number of rotatable bonds is 58. The third-order valence-corrected chi connectivity index (χ3v) is 14.9. The number of allylic oxidation sites excluding steroid dienone is 17. The number of unbranched alkanes of at least 4 members (excludes halogenated alkanes) is 26. The zero-order valence-corrected chi connectivity index (χ0v) is 53.4. The molecule has 0 aromatic carbocycles. The van der Waals surface area contributed by atoms with Gasteiger partial charge in [0.1, 0.15) is 19.3 Å². The van der Waals surface area contributed by atoms with Crippen LogP contribution in [0.4, 0.5) is 0 Å². The number of amides is 1. The molecule has 0 saturated carbocycles. The molecular formula is C70H123N2O7P. The van der Waals surface area contributed by atoms with Gasteiger partial charge in [-0.3, -0.25) is 14.2 Å². The fourth-order valence-electron chi connectivity index (χ4n) is 8.84. The Balaban J connectivity index is 5.30. The van der Waals surface area contributed by atoms with E-state index in [1.54, 1.807) is 0 Å². The number of likely N-dealkylation sites (N-methyl/N-ethyl adjacent to an activating group) is 1. The van der Waals surface area contributed by atoms with Crippen LogP contribution in [-0.4, -0.2) is 69.4 Å². The summed E-state index contributed by atoms with van der Waals surface area (Å²) < 4.78 is 30.3. The quantitative estimate of drug-likeness (QED) is 0.0212. The number of ether oxygens (including phenoxy) is 1. The minimum absolute atomic E-state index is 0.0351. The van der Waals surface area contributed by atoms with Crippen molar-refractivity contribution in [3.63, 3.8) is 0 Å². The highest BCUT2D eigenvalue weighted by Gasteiger charge is 2.27. The van der Waals surface area contributed by atoms with Crippen LogP contribution in [0.1, 0.15) is 271 Å². The standard InChI is InChI=1S/C70H123N2O7P/c1-7-10-13-16-19-22-25-28-30-32-34-36-38-40-42-44-47-50-53-56-59-62-69(73)71-67(66-78-80(75,76)77-65-64-72(4,5)6)68(61-58-55-52-49-46-27-24-21-18-15-12-9-3)79-70(74)63-60-57-54-51-48-45-43-41-39-37-35-33-31-29-26-23-20-17-14-11-8-2/h19-20,22-23,28-31,34-37,40-43,58,61,67-68H,7-18,21,24-27,32-33,38-39,44-57,59-60,62-66H2,1-6H3,(H-,71,73,75,76)/b22-19-,23-20-,30-28-,31-29-,36-34-,37-35-,42-40-,43-41-,61-58+. The maximum atomic E-state index is 13.6. The van der Waals surface area contributed by atoms with Crippen molar-refractivity contribution in [3.05, 3.63) is 109 Å². The Kier molecular flexibility index (Phi) is 56.4. The smallest absolute Gasteiger partial charge is 0.306 e. The number of esters is 1. The van der Waals surface area contributed by atoms with E-state index in [9.17, 15) is 19.0 Å². The first-order valence-corrected chi connectivity index (χ1v) is 34.2. The van der Waals surface area contributed by atoms with Crippen LogP contribution in [-0.2, 0) is 27.9 Å². The molecule has 9 nitrogen and oxygen atoms in total. The van der Waals surface area contributed by atoms with Crippen molar-refractivity contribution in [2.45, 2.75) is 283 Å². The molecule has 0 aromatic heterocycles. The first kappa shape index (κ1) is 76.7. The summed E-state index contributed by atoms with van der Waals surface area (Å²) >= 11 is 0. The van der Waals surface area contributed by atoms with Gasteiger partial charge in [0.15, 0.2) is 0 Å². The molecule has 0 aliphatic carbocycles. The number of carbonyl (C=O) groups is 2. The fraction of sp³-hybridized carbons (Fsp3) is 0.714. The van der Waals surface area contributed by atoms with Crippen LogP contribution in [0.5, 0.6) is 0 Å². The van der Waals surface area contributed by atoms with E-state index >= 15 is 0 Å². The van der Waals surface area contributed by atoms with Gasteiger partial charge in [0.2, 0.25) is 5.91 Å². The van der Waals surface area contributed by atoms with E-state index in [-0.39, 0.29) is 31.3 Å². The average molecular weight is 1140 g/mol. The lowest BCUT2D eigenvalue weighted by atomic mass is 10.0. The van der Waals surface area contributed by atoms with Crippen LogP contribution in [0.2, 0.25) is 0 Å². The van der Waals surface area contributed by atoms with Crippen molar-refractivity contribution in [3.8, 4) is 0 Å². The van der Waals surface area contributed by atoms with E-state index in [1.807, 2.05) is 33.3 Å². The van der Waals surface area contributed by atoms with Crippen LogP contribution in [0.15, 0.2) is 109 Å². The molecule has 460 valence electrons. The highest BCUT2D eigenvalue weighted by atomic mass is 31.2. The van der Waals surface area contributed by atoms with Crippen molar-refractivity contribution in [1.29, 1.82) is 0 Å². The number of phosphoric ester groups is 1. The molecule has 80 heavy (non-hydrogen) atoms. The topological polar surface area (TPSA) is 114 Å². The molecule has 1 amide bonds. The first-order valence-electron chi connectivity index (χ1n) is 32.7. The maximum absolute atomic E-state index is 13.6. The molecule has 0 aliphatic heterocycles. The summed E-state index contributed by atoms with van der Waals surface area (Å²) in [6.45, 7) is 6.75. The SMILES string of the molecule is CCCCC/C=C\C/C=C\C/C=C\C/C=C\CCCCCCCC(=O)NC(COP(=O)([O-])OCC[N+](C)(C)C)C(/C=C/CCCCCCCCCCCC)OC(=O)CCCCCCC/C=C\C/C=C\C/C=C\C/C=C\CCCCC. The van der Waals surface area contributed by atoms with Gasteiger partial charge in [-0.1, -0.05) is 246 Å². The average Bonchev–Trinajstić information content (AvgIpc) is 3.42. The van der Waals surface area contributed by atoms with Crippen molar-refractivity contribution < 1.29 is 37.3 Å². The summed E-state index contributed by atoms with van der Waals surface area (Å²) in [5.74, 6) is -0.587. The van der Waals surface area contributed by atoms with Crippen LogP contribution in [0.3, 0.4) is 0 Å². The molecule has 3 atom stereocenters. The van der Waals surface area contributed by atoms with E-state index in [4.69, 9.17) is 13.8 Å². The summed E-state index contributed by atoms with van der Waals surface area (Å²) in [4.78, 5) is 40.1. The van der Waals surface area contributed by atoms with E-state index in [1.165, 1.54) is 103 Å². The Bertz CT molecular complexity index is 1740. The van der Waals surface area contributed by atoms with Gasteiger partial charge in [0, 0.05) is 12.8 Å². The Morgan fingerprint density at radius 1 is 0.438 bits per heavy atom. The lowest BCUT2D eigenvalue weighted by Crippen LogP contribution is -2.47. The predicted octanol–water partition coefficient (Wildman–Crippen LogP) is 19.9. The first-order chi connectivity index (χ1) is 38.9. The lowest BCUT2D eigenvalue weighted by molar-refractivity contribution is -0.870. The van der Waals surface area contributed by atoms with Crippen molar-refractivity contribution in [2.24, 2.45) is 0 Å². The molecule has 0 saturated heterocycles. The summed E-state index contributed by atoms with van der Waals surface area (Å²) in [5.41, 5.74) is 0. The largest absolute Gasteiger partial charge is 0.756 e. The molecule has 0 spiro atoms. The maximum Gasteiger partial charge on any atom is 0.306 e. The molecule has 0 heterocycles. The molecule has 0 aliphatic rings. The highest BCUT2D eigenvalue weighted by Crippen LogP contribution is 2.38. The van der Waals surface area contributed by atoms with Gasteiger partial charge in [-0.2, -0.15) is 0 Å². The van der Waals surface area contributed by atoms with Gasteiger partial charge in [-0.05, 0) is 122 Å². The molecule has 3 unspecified atom stereocenters. The minimum Gasteiger partial charge on any atom is -0.756 e. The Morgan fingerprint density at radius 3 is 1.16 bits per heavy atom. The second-order valence-electron chi connectivity index (χ2n) is 22.9. The number of hydrogen-bond acceptors (Lipinski definition) is 7. The van der Waals surface area contributed by atoms with Gasteiger partial charge >= 0.3 is 5.97 Å². The summed E-state index contributed by atoms with van der Waals surface area (Å²) in [6, 6.07) is -0.914. The molecule has 0 radical (unpaired) electrons. The molecule has 0 rings (SSSR count). The fourth-order valence-corrected chi connectivity index (χ4v) is 9.56. The molecule has 1 N–H and O–H groups in total. The van der Waals surface area contributed by atoms with Crippen molar-refractivity contribution in [1.82, 2.24) is 5.32 Å². The van der Waals surface area contributed by atoms with E-state index in [0.29, 0.717) is 23.9 Å². The monoisotopic (exact) mass is 1130 g/mol. The number of nitrogens with one attached hydrogen (secondary N) is 1. The van der Waals surface area contributed by atoms with Crippen LogP contribution in [0, 0.1) is 0 Å². The summed E-state index contributed by atoms with van der Waals surface area (Å²) in [7, 11) is 1.15. The van der Waals surface area contributed by atoms with Crippen LogP contribution >= 0.6 is 7.82 Å². The normalized spacial score (nSPS) is 14.3. The highest BCUT2D eigenvalue weighted by molar-refractivity contribution is 7.45. The minimum atomic E-state index is -4.72. The van der Waals surface area contributed by atoms with E-state index in [0.717, 1.165) is 122 Å². The zero-order valence-electron chi connectivity index (χ0n) is 52.5. The Labute approximate surface area is 493 Å². The number of phosphoric acid groups is 1. The number of quaternary nitrogens is 1. The molecule has 10 heteroatoms. The predicted molar refractivity (Wildman–Crippen MR) is 344 cm³/mol. The molecule has 0 bridgehead atoms. The third kappa shape index (κ3) is 59.3. The molecule has 0 fully saturated rings. The second kappa shape index (κ2) is 58.9. The van der Waals surface area contributed by atoms with Crippen molar-refractivity contribution in [2.75, 3.05) is 40.9 Å². The molecular weight excluding hydrogens is 1010 g/mol. The lowest BCUT2D eigenvalue weighted by Gasteiger charge is -2.30. The molecule has 0 aromatic rings. The van der Waals surface area contributed by atoms with E-state index in [2.05, 4.69) is 123 Å². The summed E-state index contributed by atoms with van der Waals surface area (Å²) in [5, 5.41) is 3.02. The van der Waals surface area contributed by atoms with Gasteiger partial charge in [-0.25, -0.2) is 0 Å². The Hall–Kier alpha value is -3.33. The van der Waals surface area contributed by atoms with Gasteiger partial charge in [0.25, 0.3) is 7.82 Å². The zero-order chi connectivity index (χ0) is 58.6. The number of carbonyl (C=O) groups excluding carboxylic acids is 2. The van der Waals surface area contributed by atoms with Gasteiger partial charge in [0.05, 0.1) is 33.8 Å².